The standard InChI is InChI=1S/C44H37BN2S/c1-26-24-30-39-35(22-23-38-40(39)29-12-7-10-17-37(29)48-38)47(28-20-18-27(19-21-28)43(2,3)4)45-33-15-11-14-32-42(33)46(36(25-26)41(30)45)34-16-9-8-13-31(34)44(32,5)6/h7-25H,1-6H3. The Morgan fingerprint density at radius 2 is 1.44 bits per heavy atom. The SMILES string of the molecule is Cc1cc2c3c(c1)N1c4ccccc4C(C)(C)c4cccc(c41)B3N(c1ccc(C(C)(C)C)cc1)c1ccc3sc4ccccc4c3c1-2. The molecule has 6 aromatic carbocycles. The fraction of sp³-hybridized carbons (Fsp3) is 0.182. The van der Waals surface area contributed by atoms with Crippen LogP contribution in [0.1, 0.15) is 56.9 Å². The Kier molecular flexibility index (Phi) is 5.54. The molecule has 0 N–H and O–H groups in total. The molecular formula is C44H37BN2S. The molecule has 0 radical (unpaired) electrons. The third kappa shape index (κ3) is 3.59. The van der Waals surface area contributed by atoms with Crippen LogP contribution in [0.3, 0.4) is 0 Å². The Bertz CT molecular complexity index is 2500. The van der Waals surface area contributed by atoms with E-state index in [1.54, 1.807) is 0 Å². The van der Waals surface area contributed by atoms with Gasteiger partial charge in [0.2, 0.25) is 0 Å². The number of hydrogen-bond acceptors (Lipinski definition) is 3. The maximum Gasteiger partial charge on any atom is 0.333 e. The van der Waals surface area contributed by atoms with Gasteiger partial charge in [0.05, 0.1) is 5.69 Å². The quantitative estimate of drug-likeness (QED) is 0.166. The van der Waals surface area contributed by atoms with Crippen molar-refractivity contribution in [3.63, 3.8) is 0 Å². The molecule has 10 rings (SSSR count). The summed E-state index contributed by atoms with van der Waals surface area (Å²) >= 11 is 1.91. The molecule has 0 spiro atoms. The van der Waals surface area contributed by atoms with Gasteiger partial charge in [0.1, 0.15) is 0 Å². The number of aryl methyl sites for hydroxylation is 1. The highest BCUT2D eigenvalue weighted by Crippen LogP contribution is 2.56. The van der Waals surface area contributed by atoms with Crippen LogP contribution in [0.15, 0.2) is 115 Å². The fourth-order valence-corrected chi connectivity index (χ4v) is 10.1. The van der Waals surface area contributed by atoms with Crippen LogP contribution in [0.2, 0.25) is 0 Å². The van der Waals surface area contributed by atoms with Crippen LogP contribution in [0, 0.1) is 6.92 Å². The van der Waals surface area contributed by atoms with Crippen LogP contribution >= 0.6 is 11.3 Å². The predicted octanol–water partition coefficient (Wildman–Crippen LogP) is 11.0. The molecule has 4 heterocycles. The van der Waals surface area contributed by atoms with Gasteiger partial charge in [-0.1, -0.05) is 107 Å². The third-order valence-corrected chi connectivity index (χ3v) is 12.3. The van der Waals surface area contributed by atoms with Crippen molar-refractivity contribution in [1.29, 1.82) is 0 Å². The van der Waals surface area contributed by atoms with Gasteiger partial charge in [0, 0.05) is 53.9 Å². The van der Waals surface area contributed by atoms with Crippen molar-refractivity contribution in [3.05, 3.63) is 138 Å². The van der Waals surface area contributed by atoms with Crippen LogP contribution in [0.5, 0.6) is 0 Å². The maximum absolute atomic E-state index is 2.66. The van der Waals surface area contributed by atoms with Gasteiger partial charge in [-0.25, -0.2) is 0 Å². The highest BCUT2D eigenvalue weighted by atomic mass is 32.1. The second kappa shape index (κ2) is 9.42. The summed E-state index contributed by atoms with van der Waals surface area (Å²) < 4.78 is 2.68. The minimum atomic E-state index is -0.129. The average Bonchev–Trinajstić information content (AvgIpc) is 3.46. The lowest BCUT2D eigenvalue weighted by atomic mass is 9.42. The molecule has 0 aliphatic carbocycles. The lowest BCUT2D eigenvalue weighted by Gasteiger charge is -2.50. The zero-order valence-corrected chi connectivity index (χ0v) is 29.2. The number of para-hydroxylation sites is 2. The van der Waals surface area contributed by atoms with Gasteiger partial charge in [0.15, 0.2) is 0 Å². The molecule has 48 heavy (non-hydrogen) atoms. The van der Waals surface area contributed by atoms with Crippen LogP contribution in [-0.2, 0) is 10.8 Å². The van der Waals surface area contributed by atoms with Gasteiger partial charge < -0.3 is 9.71 Å². The molecule has 1 aromatic heterocycles. The number of benzene rings is 6. The molecule has 0 saturated carbocycles. The van der Waals surface area contributed by atoms with Crippen molar-refractivity contribution in [1.82, 2.24) is 0 Å². The Morgan fingerprint density at radius 1 is 0.688 bits per heavy atom. The first kappa shape index (κ1) is 28.2. The number of fused-ring (bicyclic) bond motifs is 10. The van der Waals surface area contributed by atoms with E-state index in [0.717, 1.165) is 0 Å². The second-order valence-electron chi connectivity index (χ2n) is 15.5. The summed E-state index contributed by atoms with van der Waals surface area (Å²) in [6.07, 6.45) is 0. The van der Waals surface area contributed by atoms with Crippen LogP contribution in [-0.4, -0.2) is 6.85 Å². The number of hydrogen-bond donors (Lipinski definition) is 0. The predicted molar refractivity (Wildman–Crippen MR) is 209 cm³/mol. The zero-order valence-electron chi connectivity index (χ0n) is 28.3. The van der Waals surface area contributed by atoms with E-state index in [-0.39, 0.29) is 17.7 Å². The molecule has 0 fully saturated rings. The lowest BCUT2D eigenvalue weighted by molar-refractivity contribution is 0.590. The van der Waals surface area contributed by atoms with Gasteiger partial charge in [-0.15, -0.1) is 11.3 Å². The Labute approximate surface area is 287 Å². The van der Waals surface area contributed by atoms with Crippen molar-refractivity contribution in [2.45, 2.75) is 52.4 Å². The number of thiophene rings is 1. The Hall–Kier alpha value is -4.80. The molecule has 3 aliphatic rings. The average molecular weight is 637 g/mol. The molecule has 7 aromatic rings. The summed E-state index contributed by atoms with van der Waals surface area (Å²) in [6, 6.07) is 44.2. The number of nitrogens with zero attached hydrogens (tertiary/aromatic N) is 2. The van der Waals surface area contributed by atoms with Gasteiger partial charge in [-0.05, 0) is 93.5 Å². The van der Waals surface area contributed by atoms with Gasteiger partial charge in [0.25, 0.3) is 0 Å². The summed E-state index contributed by atoms with van der Waals surface area (Å²) in [5.74, 6) is 0. The van der Waals surface area contributed by atoms with E-state index in [9.17, 15) is 0 Å². The van der Waals surface area contributed by atoms with Crippen molar-refractivity contribution in [2.75, 3.05) is 9.71 Å². The minimum absolute atomic E-state index is 0.0261. The molecule has 3 aliphatic heterocycles. The van der Waals surface area contributed by atoms with Crippen molar-refractivity contribution in [2.24, 2.45) is 0 Å². The van der Waals surface area contributed by atoms with Crippen molar-refractivity contribution >= 4 is 77.7 Å². The smallest absolute Gasteiger partial charge is 0.333 e. The highest BCUT2D eigenvalue weighted by Gasteiger charge is 2.49. The van der Waals surface area contributed by atoms with Crippen molar-refractivity contribution in [3.8, 4) is 11.1 Å². The maximum atomic E-state index is 2.66. The highest BCUT2D eigenvalue weighted by molar-refractivity contribution is 7.26. The second-order valence-corrected chi connectivity index (χ2v) is 16.6. The van der Waals surface area contributed by atoms with Crippen LogP contribution in [0.25, 0.3) is 31.3 Å². The molecule has 0 bridgehead atoms. The van der Waals surface area contributed by atoms with Gasteiger partial charge in [-0.2, -0.15) is 0 Å². The Morgan fingerprint density at radius 3 is 2.25 bits per heavy atom. The topological polar surface area (TPSA) is 6.48 Å². The van der Waals surface area contributed by atoms with Crippen LogP contribution < -0.4 is 20.6 Å². The number of rotatable bonds is 1. The summed E-state index contributed by atoms with van der Waals surface area (Å²) in [7, 11) is 0. The monoisotopic (exact) mass is 636 g/mol. The summed E-state index contributed by atoms with van der Waals surface area (Å²) in [5.41, 5.74) is 17.3. The van der Waals surface area contributed by atoms with Gasteiger partial charge in [-0.3, -0.25) is 0 Å². The first-order valence-electron chi connectivity index (χ1n) is 17.1. The van der Waals surface area contributed by atoms with E-state index in [4.69, 9.17) is 0 Å². The van der Waals surface area contributed by atoms with E-state index in [2.05, 4.69) is 167 Å². The molecule has 0 atom stereocenters. The molecule has 4 heteroatoms. The van der Waals surface area contributed by atoms with Crippen molar-refractivity contribution < 1.29 is 0 Å². The molecule has 0 saturated heterocycles. The first-order chi connectivity index (χ1) is 23.1. The summed E-state index contributed by atoms with van der Waals surface area (Å²) in [6.45, 7) is 14.0. The van der Waals surface area contributed by atoms with E-state index < -0.39 is 0 Å². The Balaban J connectivity index is 1.37. The zero-order chi connectivity index (χ0) is 32.7. The van der Waals surface area contributed by atoms with E-state index >= 15 is 0 Å². The van der Waals surface area contributed by atoms with Gasteiger partial charge >= 0.3 is 6.85 Å². The third-order valence-electron chi connectivity index (χ3n) is 11.2. The minimum Gasteiger partial charge on any atom is -0.376 e. The van der Waals surface area contributed by atoms with E-state index in [1.165, 1.54) is 92.9 Å². The molecular weight excluding hydrogens is 599 g/mol. The summed E-state index contributed by atoms with van der Waals surface area (Å²) in [5, 5.41) is 2.71. The summed E-state index contributed by atoms with van der Waals surface area (Å²) in [4.78, 5) is 5.26. The molecule has 232 valence electrons. The molecule has 2 nitrogen and oxygen atoms in total. The largest absolute Gasteiger partial charge is 0.376 e. The van der Waals surface area contributed by atoms with E-state index in [0.29, 0.717) is 0 Å². The molecule has 0 unspecified atom stereocenters. The normalized spacial score (nSPS) is 15.3. The molecule has 0 amide bonds. The van der Waals surface area contributed by atoms with Crippen LogP contribution in [0.4, 0.5) is 28.4 Å². The fourth-order valence-electron chi connectivity index (χ4n) is 8.96. The van der Waals surface area contributed by atoms with E-state index in [1.807, 2.05) is 11.3 Å². The number of anilines is 5. The lowest BCUT2D eigenvalue weighted by Crippen LogP contribution is -2.62. The first-order valence-corrected chi connectivity index (χ1v) is 18.0.